The van der Waals surface area contributed by atoms with Crippen molar-refractivity contribution < 1.29 is 13.9 Å². The molecule has 0 saturated carbocycles. The van der Waals surface area contributed by atoms with Gasteiger partial charge in [-0.15, -0.1) is 0 Å². The van der Waals surface area contributed by atoms with Crippen LogP contribution in [0.3, 0.4) is 0 Å². The van der Waals surface area contributed by atoms with Crippen LogP contribution in [0.25, 0.3) is 11.5 Å². The Labute approximate surface area is 132 Å². The van der Waals surface area contributed by atoms with Crippen LogP contribution in [-0.2, 0) is 15.1 Å². The molecule has 0 fully saturated rings. The molecule has 2 aromatic rings. The summed E-state index contributed by atoms with van der Waals surface area (Å²) in [5.41, 5.74) is 0.755. The highest BCUT2D eigenvalue weighted by Gasteiger charge is 2.31. The number of aromatic nitrogens is 1. The molecule has 1 aromatic heterocycles. The Hall–Kier alpha value is -2.10. The van der Waals surface area contributed by atoms with Gasteiger partial charge in [-0.05, 0) is 32.9 Å². The zero-order valence-electron chi connectivity index (χ0n) is 14.3. The molecule has 0 aliphatic heterocycles. The smallest absolute Gasteiger partial charge is 0.306 e. The topological polar surface area (TPSA) is 52.3 Å². The number of hydrogen-bond donors (Lipinski definition) is 0. The predicted octanol–water partition coefficient (Wildman–Crippen LogP) is 4.86. The second kappa shape index (κ2) is 7.78. The Morgan fingerprint density at radius 1 is 1.23 bits per heavy atom. The molecule has 0 amide bonds. The van der Waals surface area contributed by atoms with E-state index < -0.39 is 5.60 Å². The first-order valence-electron chi connectivity index (χ1n) is 7.69. The number of rotatable bonds is 4. The van der Waals surface area contributed by atoms with Gasteiger partial charge >= 0.3 is 5.97 Å². The van der Waals surface area contributed by atoms with Crippen molar-refractivity contribution in [2.24, 2.45) is 0 Å². The van der Waals surface area contributed by atoms with Crippen LogP contribution in [0.15, 0.2) is 34.7 Å². The maximum Gasteiger partial charge on any atom is 0.306 e. The summed E-state index contributed by atoms with van der Waals surface area (Å²) >= 11 is 0. The number of benzene rings is 1. The van der Waals surface area contributed by atoms with Gasteiger partial charge in [-0.25, -0.2) is 4.98 Å². The zero-order chi connectivity index (χ0) is 16.8. The van der Waals surface area contributed by atoms with E-state index >= 15 is 0 Å². The van der Waals surface area contributed by atoms with E-state index in [2.05, 4.69) is 4.98 Å². The summed E-state index contributed by atoms with van der Waals surface area (Å²) in [4.78, 5) is 16.0. The summed E-state index contributed by atoms with van der Waals surface area (Å²) in [6.45, 7) is 11.2. The number of esters is 1. The van der Waals surface area contributed by atoms with Crippen molar-refractivity contribution in [1.29, 1.82) is 0 Å². The van der Waals surface area contributed by atoms with Crippen molar-refractivity contribution in [2.75, 3.05) is 0 Å². The van der Waals surface area contributed by atoms with Gasteiger partial charge in [0.05, 0.1) is 0 Å². The molecule has 120 valence electrons. The number of hydrogen-bond acceptors (Lipinski definition) is 4. The fourth-order valence-electron chi connectivity index (χ4n) is 2.06. The summed E-state index contributed by atoms with van der Waals surface area (Å²) < 4.78 is 11.1. The fourth-order valence-corrected chi connectivity index (χ4v) is 2.06. The van der Waals surface area contributed by atoms with Crippen LogP contribution >= 0.6 is 0 Å². The van der Waals surface area contributed by atoms with Gasteiger partial charge in [0.2, 0.25) is 5.89 Å². The zero-order valence-corrected chi connectivity index (χ0v) is 14.3. The first-order chi connectivity index (χ1) is 10.4. The van der Waals surface area contributed by atoms with Crippen LogP contribution in [0.4, 0.5) is 0 Å². The molecule has 0 bridgehead atoms. The number of nitrogens with zero attached hydrogens (tertiary/aromatic N) is 1. The number of carbonyl (C=O) groups excluding carboxylic acids is 1. The maximum atomic E-state index is 11.5. The third-order valence-corrected chi connectivity index (χ3v) is 3.05. The van der Waals surface area contributed by atoms with Gasteiger partial charge in [-0.2, -0.15) is 0 Å². The van der Waals surface area contributed by atoms with Crippen LogP contribution in [0.5, 0.6) is 0 Å². The quantitative estimate of drug-likeness (QED) is 0.756. The molecule has 0 aliphatic carbocycles. The average Bonchev–Trinajstić information content (AvgIpc) is 2.92. The highest BCUT2D eigenvalue weighted by molar-refractivity contribution is 5.69. The lowest BCUT2D eigenvalue weighted by Gasteiger charge is -2.23. The first kappa shape index (κ1) is 18.0. The summed E-state index contributed by atoms with van der Waals surface area (Å²) in [6, 6.07) is 9.65. The lowest BCUT2D eigenvalue weighted by atomic mass is 10.0. The molecular weight excluding hydrogens is 278 g/mol. The molecule has 4 nitrogen and oxygen atoms in total. The van der Waals surface area contributed by atoms with Gasteiger partial charge in [0.25, 0.3) is 0 Å². The van der Waals surface area contributed by atoms with E-state index in [1.165, 1.54) is 0 Å². The van der Waals surface area contributed by atoms with Crippen molar-refractivity contribution in [1.82, 2.24) is 4.98 Å². The van der Waals surface area contributed by atoms with E-state index in [9.17, 15) is 4.79 Å². The van der Waals surface area contributed by atoms with Gasteiger partial charge in [0.15, 0.2) is 5.60 Å². The molecule has 0 aliphatic rings. The fraction of sp³-hybridized carbons (Fsp3) is 0.444. The number of aryl methyl sites for hydroxylation is 1. The summed E-state index contributed by atoms with van der Waals surface area (Å²) in [6.07, 6.45) is 0.339. The molecule has 1 heterocycles. The molecule has 2 rings (SSSR count). The Balaban J connectivity index is 0.00000116. The Kier molecular flexibility index (Phi) is 6.35. The van der Waals surface area contributed by atoms with Crippen molar-refractivity contribution >= 4 is 5.97 Å². The maximum absolute atomic E-state index is 11.5. The van der Waals surface area contributed by atoms with Gasteiger partial charge in [-0.3, -0.25) is 4.79 Å². The van der Waals surface area contributed by atoms with E-state index in [1.54, 1.807) is 6.92 Å². The Bertz CT molecular complexity index is 600. The second-order valence-corrected chi connectivity index (χ2v) is 5.13. The standard InChI is InChI=1S/C16H19NO3.C2H6/c1-5-13(18)20-16(3,4)14-11(2)19-15(17-14)12-9-7-6-8-10-12;1-2/h6-10H,5H2,1-4H3;1-2H3. The van der Waals surface area contributed by atoms with E-state index in [0.717, 1.165) is 5.56 Å². The average molecular weight is 303 g/mol. The van der Waals surface area contributed by atoms with E-state index in [-0.39, 0.29) is 5.97 Å². The molecular formula is C18H25NO3. The largest absolute Gasteiger partial charge is 0.453 e. The Morgan fingerprint density at radius 3 is 2.36 bits per heavy atom. The molecule has 0 radical (unpaired) electrons. The van der Waals surface area contributed by atoms with Crippen molar-refractivity contribution in [3.63, 3.8) is 0 Å². The number of oxazole rings is 1. The van der Waals surface area contributed by atoms with Crippen molar-refractivity contribution in [3.8, 4) is 11.5 Å². The third kappa shape index (κ3) is 4.20. The minimum atomic E-state index is -0.798. The molecule has 0 unspecified atom stereocenters. The van der Waals surface area contributed by atoms with E-state index in [4.69, 9.17) is 9.15 Å². The van der Waals surface area contributed by atoms with E-state index in [1.807, 2.05) is 65.0 Å². The van der Waals surface area contributed by atoms with Crippen LogP contribution in [0.1, 0.15) is 52.5 Å². The van der Waals surface area contributed by atoms with Crippen molar-refractivity contribution in [3.05, 3.63) is 41.8 Å². The van der Waals surface area contributed by atoms with Crippen LogP contribution in [-0.4, -0.2) is 11.0 Å². The molecule has 0 saturated heterocycles. The lowest BCUT2D eigenvalue weighted by Crippen LogP contribution is -2.26. The summed E-state index contributed by atoms with van der Waals surface area (Å²) in [5, 5.41) is 0. The third-order valence-electron chi connectivity index (χ3n) is 3.05. The lowest BCUT2D eigenvalue weighted by molar-refractivity contribution is -0.157. The van der Waals surface area contributed by atoms with Gasteiger partial charge in [0, 0.05) is 12.0 Å². The van der Waals surface area contributed by atoms with Crippen molar-refractivity contribution in [2.45, 2.75) is 53.6 Å². The minimum absolute atomic E-state index is 0.251. The number of ether oxygens (including phenoxy) is 1. The highest BCUT2D eigenvalue weighted by atomic mass is 16.6. The first-order valence-corrected chi connectivity index (χ1v) is 7.69. The SMILES string of the molecule is CC.CCC(=O)OC(C)(C)c1nc(-c2ccccc2)oc1C. The van der Waals surface area contributed by atoms with Crippen LogP contribution in [0, 0.1) is 6.92 Å². The summed E-state index contributed by atoms with van der Waals surface area (Å²) in [5.74, 6) is 0.954. The summed E-state index contributed by atoms with van der Waals surface area (Å²) in [7, 11) is 0. The van der Waals surface area contributed by atoms with Crippen LogP contribution in [0.2, 0.25) is 0 Å². The monoisotopic (exact) mass is 303 g/mol. The molecule has 0 N–H and O–H groups in total. The predicted molar refractivity (Wildman–Crippen MR) is 87.4 cm³/mol. The second-order valence-electron chi connectivity index (χ2n) is 5.13. The van der Waals surface area contributed by atoms with Gasteiger partial charge < -0.3 is 9.15 Å². The Morgan fingerprint density at radius 2 is 1.82 bits per heavy atom. The molecule has 4 heteroatoms. The van der Waals surface area contributed by atoms with Crippen LogP contribution < -0.4 is 0 Å². The molecule has 1 aromatic carbocycles. The van der Waals surface area contributed by atoms with E-state index in [0.29, 0.717) is 23.8 Å². The number of carbonyl (C=O) groups is 1. The van der Waals surface area contributed by atoms with Gasteiger partial charge in [-0.1, -0.05) is 39.0 Å². The van der Waals surface area contributed by atoms with Gasteiger partial charge in [0.1, 0.15) is 11.5 Å². The minimum Gasteiger partial charge on any atom is -0.453 e. The molecule has 0 atom stereocenters. The normalized spacial score (nSPS) is 10.6. The molecule has 22 heavy (non-hydrogen) atoms. The highest BCUT2D eigenvalue weighted by Crippen LogP contribution is 2.31. The molecule has 0 spiro atoms.